The zero-order valence-corrected chi connectivity index (χ0v) is 16.9. The van der Waals surface area contributed by atoms with Crippen molar-refractivity contribution in [1.29, 1.82) is 0 Å². The Bertz CT molecular complexity index is 702. The smallest absolute Gasteiger partial charge is 0.227 e. The molecule has 4 rings (SSSR count). The summed E-state index contributed by atoms with van der Waals surface area (Å²) in [5.74, 6) is 0.660. The van der Waals surface area contributed by atoms with Crippen molar-refractivity contribution in [2.75, 3.05) is 56.0 Å². The van der Waals surface area contributed by atoms with Gasteiger partial charge in [0.15, 0.2) is 0 Å². The van der Waals surface area contributed by atoms with E-state index in [-0.39, 0.29) is 17.7 Å². The summed E-state index contributed by atoms with van der Waals surface area (Å²) in [7, 11) is 0. The Labute approximate surface area is 167 Å². The lowest BCUT2D eigenvalue weighted by Gasteiger charge is -2.36. The molecule has 2 amide bonds. The Kier molecular flexibility index (Phi) is 5.85. The van der Waals surface area contributed by atoms with Crippen molar-refractivity contribution in [3.8, 4) is 0 Å². The molecule has 0 atom stereocenters. The van der Waals surface area contributed by atoms with Gasteiger partial charge in [-0.15, -0.1) is 0 Å². The molecule has 1 N–H and O–H groups in total. The monoisotopic (exact) mass is 384 g/mol. The van der Waals surface area contributed by atoms with Crippen LogP contribution in [-0.2, 0) is 9.59 Å². The number of benzene rings is 1. The van der Waals surface area contributed by atoms with Gasteiger partial charge in [0.2, 0.25) is 11.8 Å². The minimum absolute atomic E-state index is 0.00625. The van der Waals surface area contributed by atoms with Gasteiger partial charge in [0.1, 0.15) is 0 Å². The molecule has 28 heavy (non-hydrogen) atoms. The first-order valence-corrected chi connectivity index (χ1v) is 10.8. The third-order valence-corrected chi connectivity index (χ3v) is 6.43. The lowest BCUT2D eigenvalue weighted by atomic mass is 9.95. The Morgan fingerprint density at radius 2 is 1.61 bits per heavy atom. The Morgan fingerprint density at radius 1 is 0.929 bits per heavy atom. The van der Waals surface area contributed by atoms with E-state index < -0.39 is 0 Å². The predicted octanol–water partition coefficient (Wildman–Crippen LogP) is 2.42. The number of piperazine rings is 1. The molecule has 1 aromatic rings. The lowest BCUT2D eigenvalue weighted by Crippen LogP contribution is -2.46. The summed E-state index contributed by atoms with van der Waals surface area (Å²) in [4.78, 5) is 31.9. The predicted molar refractivity (Wildman–Crippen MR) is 111 cm³/mol. The van der Waals surface area contributed by atoms with Crippen LogP contribution in [0.15, 0.2) is 24.3 Å². The largest absolute Gasteiger partial charge is 0.367 e. The Morgan fingerprint density at radius 3 is 2.25 bits per heavy atom. The van der Waals surface area contributed by atoms with Crippen molar-refractivity contribution in [2.45, 2.75) is 32.6 Å². The average molecular weight is 385 g/mol. The van der Waals surface area contributed by atoms with Crippen LogP contribution in [0.2, 0.25) is 0 Å². The fourth-order valence-corrected chi connectivity index (χ4v) is 4.35. The van der Waals surface area contributed by atoms with Gasteiger partial charge in [-0.25, -0.2) is 0 Å². The maximum absolute atomic E-state index is 12.9. The van der Waals surface area contributed by atoms with Gasteiger partial charge >= 0.3 is 0 Å². The van der Waals surface area contributed by atoms with E-state index in [0.717, 1.165) is 69.8 Å². The van der Waals surface area contributed by atoms with Crippen LogP contribution < -0.4 is 10.2 Å². The number of rotatable bonds is 5. The average Bonchev–Trinajstić information content (AvgIpc) is 3.59. The van der Waals surface area contributed by atoms with Gasteiger partial charge < -0.3 is 20.0 Å². The number of carbonyl (C=O) groups excluding carboxylic acids is 2. The molecule has 2 heterocycles. The molecule has 0 aromatic heterocycles. The van der Waals surface area contributed by atoms with Crippen molar-refractivity contribution < 1.29 is 9.59 Å². The molecule has 0 unspecified atom stereocenters. The highest BCUT2D eigenvalue weighted by Crippen LogP contribution is 2.33. The molecule has 0 spiro atoms. The van der Waals surface area contributed by atoms with Crippen LogP contribution in [0.4, 0.5) is 11.4 Å². The highest BCUT2D eigenvalue weighted by Gasteiger charge is 2.36. The second kappa shape index (κ2) is 8.52. The zero-order valence-electron chi connectivity index (χ0n) is 16.9. The van der Waals surface area contributed by atoms with Crippen molar-refractivity contribution in [1.82, 2.24) is 9.80 Å². The SMILES string of the molecule is CCN1CCN(c2ccccc2NC(=O)C2CCN(C(=O)C3CC3)CC2)CC1. The van der Waals surface area contributed by atoms with Gasteiger partial charge in [-0.05, 0) is 44.4 Å². The molecular weight excluding hydrogens is 352 g/mol. The van der Waals surface area contributed by atoms with Gasteiger partial charge in [0.25, 0.3) is 0 Å². The maximum Gasteiger partial charge on any atom is 0.227 e. The quantitative estimate of drug-likeness (QED) is 0.847. The number of amides is 2. The number of likely N-dealkylation sites (N-methyl/N-ethyl adjacent to an activating group) is 1. The Balaban J connectivity index is 1.34. The van der Waals surface area contributed by atoms with Crippen LogP contribution in [0.25, 0.3) is 0 Å². The van der Waals surface area contributed by atoms with Crippen molar-refractivity contribution in [2.24, 2.45) is 11.8 Å². The van der Waals surface area contributed by atoms with E-state index in [1.165, 1.54) is 0 Å². The second-order valence-electron chi connectivity index (χ2n) is 8.30. The van der Waals surface area contributed by atoms with E-state index in [2.05, 4.69) is 28.1 Å². The van der Waals surface area contributed by atoms with Crippen molar-refractivity contribution >= 4 is 23.2 Å². The normalized spacial score (nSPS) is 21.6. The van der Waals surface area contributed by atoms with E-state index in [0.29, 0.717) is 19.0 Å². The number of nitrogens with one attached hydrogen (secondary N) is 1. The molecule has 1 aromatic carbocycles. The number of nitrogens with zero attached hydrogens (tertiary/aromatic N) is 3. The molecule has 6 heteroatoms. The van der Waals surface area contributed by atoms with Crippen LogP contribution in [0, 0.1) is 11.8 Å². The number of para-hydroxylation sites is 2. The number of anilines is 2. The summed E-state index contributed by atoms with van der Waals surface area (Å²) in [6, 6.07) is 8.14. The fourth-order valence-electron chi connectivity index (χ4n) is 4.35. The highest BCUT2D eigenvalue weighted by atomic mass is 16.2. The zero-order chi connectivity index (χ0) is 19.5. The third-order valence-electron chi connectivity index (χ3n) is 6.43. The maximum atomic E-state index is 12.9. The molecule has 3 fully saturated rings. The molecule has 0 bridgehead atoms. The summed E-state index contributed by atoms with van der Waals surface area (Å²) in [6.07, 6.45) is 3.62. The van der Waals surface area contributed by atoms with Gasteiger partial charge in [0.05, 0.1) is 11.4 Å². The summed E-state index contributed by atoms with van der Waals surface area (Å²) in [6.45, 7) is 8.83. The van der Waals surface area contributed by atoms with E-state index in [1.54, 1.807) is 0 Å². The lowest BCUT2D eigenvalue weighted by molar-refractivity contribution is -0.135. The summed E-state index contributed by atoms with van der Waals surface area (Å²) in [5.41, 5.74) is 2.03. The molecule has 1 aliphatic carbocycles. The molecule has 3 aliphatic rings. The van der Waals surface area contributed by atoms with Crippen LogP contribution in [0.1, 0.15) is 32.6 Å². The minimum atomic E-state index is -0.00625. The Hall–Kier alpha value is -2.08. The van der Waals surface area contributed by atoms with Gasteiger partial charge in [-0.1, -0.05) is 19.1 Å². The fraction of sp³-hybridized carbons (Fsp3) is 0.636. The van der Waals surface area contributed by atoms with Crippen LogP contribution in [0.3, 0.4) is 0 Å². The molecular formula is C22H32N4O2. The molecule has 0 radical (unpaired) electrons. The van der Waals surface area contributed by atoms with Crippen LogP contribution >= 0.6 is 0 Å². The molecule has 152 valence electrons. The third kappa shape index (κ3) is 4.32. The summed E-state index contributed by atoms with van der Waals surface area (Å²) in [5, 5.41) is 3.18. The molecule has 6 nitrogen and oxygen atoms in total. The number of hydrogen-bond donors (Lipinski definition) is 1. The van der Waals surface area contributed by atoms with Gasteiger partial charge in [-0.3, -0.25) is 9.59 Å². The first-order valence-electron chi connectivity index (χ1n) is 10.8. The molecule has 2 saturated heterocycles. The van der Waals surface area contributed by atoms with Crippen molar-refractivity contribution in [3.05, 3.63) is 24.3 Å². The molecule has 1 saturated carbocycles. The topological polar surface area (TPSA) is 55.9 Å². The van der Waals surface area contributed by atoms with Crippen molar-refractivity contribution in [3.63, 3.8) is 0 Å². The van der Waals surface area contributed by atoms with Gasteiger partial charge in [-0.2, -0.15) is 0 Å². The minimum Gasteiger partial charge on any atom is -0.367 e. The number of hydrogen-bond acceptors (Lipinski definition) is 4. The van der Waals surface area contributed by atoms with E-state index in [1.807, 2.05) is 23.1 Å². The summed E-state index contributed by atoms with van der Waals surface area (Å²) < 4.78 is 0. The van der Waals surface area contributed by atoms with E-state index in [4.69, 9.17) is 0 Å². The highest BCUT2D eigenvalue weighted by molar-refractivity contribution is 5.96. The standard InChI is InChI=1S/C22H32N4O2/c1-2-24-13-15-25(16-14-24)20-6-4-3-5-19(20)23-21(27)17-9-11-26(12-10-17)22(28)18-7-8-18/h3-6,17-18H,2,7-16H2,1H3,(H,23,27). The van der Waals surface area contributed by atoms with Crippen LogP contribution in [0.5, 0.6) is 0 Å². The molecule has 2 aliphatic heterocycles. The first-order chi connectivity index (χ1) is 13.7. The van der Waals surface area contributed by atoms with E-state index in [9.17, 15) is 9.59 Å². The number of carbonyl (C=O) groups is 2. The first kappa shape index (κ1) is 19.2. The summed E-state index contributed by atoms with van der Waals surface area (Å²) >= 11 is 0. The number of likely N-dealkylation sites (tertiary alicyclic amines) is 1. The van der Waals surface area contributed by atoms with Gasteiger partial charge in [0, 0.05) is 51.1 Å². The number of piperidine rings is 1. The van der Waals surface area contributed by atoms with Crippen LogP contribution in [-0.4, -0.2) is 67.4 Å². The van der Waals surface area contributed by atoms with E-state index >= 15 is 0 Å². The second-order valence-corrected chi connectivity index (χ2v) is 8.30.